The summed E-state index contributed by atoms with van der Waals surface area (Å²) in [6.45, 7) is 0.606. The maximum absolute atomic E-state index is 12.4. The first-order valence-electron chi connectivity index (χ1n) is 7.78. The Hall–Kier alpha value is -1.81. The summed E-state index contributed by atoms with van der Waals surface area (Å²) in [5, 5.41) is 4.12. The summed E-state index contributed by atoms with van der Waals surface area (Å²) >= 11 is 0. The lowest BCUT2D eigenvalue weighted by Gasteiger charge is -2.35. The Bertz CT molecular complexity index is 626. The highest BCUT2D eigenvalue weighted by atomic mass is 16.1. The van der Waals surface area contributed by atoms with E-state index in [1.165, 1.54) is 19.3 Å². The molecule has 0 radical (unpaired) electrons. The van der Waals surface area contributed by atoms with Gasteiger partial charge in [-0.1, -0.05) is 25.3 Å². The molecule has 4 heteroatoms. The third-order valence-corrected chi connectivity index (χ3v) is 4.75. The smallest absolute Gasteiger partial charge is 0.224 e. The number of carbonyl (C=O) groups is 1. The molecular formula is C17H23N3O. The minimum absolute atomic E-state index is 0.00831. The van der Waals surface area contributed by atoms with Crippen molar-refractivity contribution in [1.82, 2.24) is 4.98 Å². The number of H-pyrrole nitrogens is 1. The Balaban J connectivity index is 1.72. The average molecular weight is 285 g/mol. The van der Waals surface area contributed by atoms with Gasteiger partial charge in [0.2, 0.25) is 5.91 Å². The molecule has 0 saturated heterocycles. The molecule has 1 aromatic carbocycles. The second-order valence-corrected chi connectivity index (χ2v) is 6.23. The van der Waals surface area contributed by atoms with Gasteiger partial charge >= 0.3 is 0 Å². The van der Waals surface area contributed by atoms with E-state index in [0.29, 0.717) is 13.0 Å². The molecule has 1 saturated carbocycles. The van der Waals surface area contributed by atoms with E-state index in [1.807, 2.05) is 30.5 Å². The molecule has 0 atom stereocenters. The van der Waals surface area contributed by atoms with Crippen molar-refractivity contribution in [3.63, 3.8) is 0 Å². The largest absolute Gasteiger partial charge is 0.361 e. The second-order valence-electron chi connectivity index (χ2n) is 6.23. The first-order chi connectivity index (χ1) is 10.2. The number of anilines is 1. The highest BCUT2D eigenvalue weighted by Gasteiger charge is 2.33. The summed E-state index contributed by atoms with van der Waals surface area (Å²) in [4.78, 5) is 15.6. The van der Waals surface area contributed by atoms with Crippen LogP contribution < -0.4 is 11.1 Å². The van der Waals surface area contributed by atoms with Crippen LogP contribution in [0.15, 0.2) is 30.5 Å². The molecule has 0 unspecified atom stereocenters. The highest BCUT2D eigenvalue weighted by molar-refractivity contribution is 6.01. The second kappa shape index (κ2) is 5.90. The molecule has 1 aliphatic rings. The van der Waals surface area contributed by atoms with Gasteiger partial charge in [-0.25, -0.2) is 0 Å². The van der Waals surface area contributed by atoms with Crippen molar-refractivity contribution in [3.8, 4) is 0 Å². The Labute approximate surface area is 125 Å². The number of carbonyl (C=O) groups excluding carboxylic acids is 1. The molecule has 3 rings (SSSR count). The first kappa shape index (κ1) is 14.1. The van der Waals surface area contributed by atoms with Crippen molar-refractivity contribution in [2.75, 3.05) is 11.9 Å². The Morgan fingerprint density at radius 1 is 1.24 bits per heavy atom. The number of fused-ring (bicyclic) bond motifs is 1. The molecule has 1 aliphatic carbocycles. The Kier molecular flexibility index (Phi) is 3.97. The maximum atomic E-state index is 12.4. The molecule has 1 heterocycles. The average Bonchev–Trinajstić information content (AvgIpc) is 2.98. The quantitative estimate of drug-likeness (QED) is 0.805. The fourth-order valence-corrected chi connectivity index (χ4v) is 3.48. The zero-order chi connectivity index (χ0) is 14.7. The van der Waals surface area contributed by atoms with Crippen LogP contribution in [0.25, 0.3) is 10.9 Å². The number of nitrogens with one attached hydrogen (secondary N) is 2. The lowest BCUT2D eigenvalue weighted by atomic mass is 9.71. The predicted octanol–water partition coefficient (Wildman–Crippen LogP) is 3.41. The number of aromatic amines is 1. The van der Waals surface area contributed by atoms with Crippen LogP contribution in [0.4, 0.5) is 5.69 Å². The first-order valence-corrected chi connectivity index (χ1v) is 7.78. The van der Waals surface area contributed by atoms with Crippen molar-refractivity contribution in [2.45, 2.75) is 38.5 Å². The molecular weight excluding hydrogens is 262 g/mol. The van der Waals surface area contributed by atoms with Crippen LogP contribution in [0, 0.1) is 5.41 Å². The number of nitrogens with two attached hydrogens (primary N) is 1. The van der Waals surface area contributed by atoms with Gasteiger partial charge in [0.1, 0.15) is 0 Å². The minimum Gasteiger partial charge on any atom is -0.361 e. The number of hydrogen-bond acceptors (Lipinski definition) is 2. The van der Waals surface area contributed by atoms with E-state index in [0.717, 1.165) is 29.4 Å². The molecule has 1 amide bonds. The van der Waals surface area contributed by atoms with Gasteiger partial charge in [0, 0.05) is 23.5 Å². The van der Waals surface area contributed by atoms with E-state index in [9.17, 15) is 4.79 Å². The summed E-state index contributed by atoms with van der Waals surface area (Å²) in [5.74, 6) is 0.0797. The molecule has 0 aliphatic heterocycles. The van der Waals surface area contributed by atoms with Crippen molar-refractivity contribution in [1.29, 1.82) is 0 Å². The van der Waals surface area contributed by atoms with Gasteiger partial charge < -0.3 is 16.0 Å². The highest BCUT2D eigenvalue weighted by Crippen LogP contribution is 2.38. The van der Waals surface area contributed by atoms with E-state index in [4.69, 9.17) is 5.73 Å². The molecule has 0 bridgehead atoms. The zero-order valence-electron chi connectivity index (χ0n) is 12.3. The number of hydrogen-bond donors (Lipinski definition) is 3. The van der Waals surface area contributed by atoms with Crippen molar-refractivity contribution in [2.24, 2.45) is 11.1 Å². The van der Waals surface area contributed by atoms with E-state index in [-0.39, 0.29) is 11.3 Å². The SMILES string of the molecule is NCC1(CC(=O)Nc2cccc3[nH]ccc23)CCCCC1. The van der Waals surface area contributed by atoms with E-state index >= 15 is 0 Å². The molecule has 0 spiro atoms. The van der Waals surface area contributed by atoms with E-state index in [2.05, 4.69) is 10.3 Å². The normalized spacial score (nSPS) is 17.8. The van der Waals surface area contributed by atoms with Gasteiger partial charge in [-0.05, 0) is 43.0 Å². The summed E-state index contributed by atoms with van der Waals surface area (Å²) in [7, 11) is 0. The van der Waals surface area contributed by atoms with Crippen molar-refractivity contribution >= 4 is 22.5 Å². The molecule has 4 N–H and O–H groups in total. The number of amides is 1. The van der Waals surface area contributed by atoms with Crippen LogP contribution >= 0.6 is 0 Å². The van der Waals surface area contributed by atoms with Crippen LogP contribution in [0.5, 0.6) is 0 Å². The maximum Gasteiger partial charge on any atom is 0.224 e. The number of benzene rings is 1. The summed E-state index contributed by atoms with van der Waals surface area (Å²) < 4.78 is 0. The Morgan fingerprint density at radius 3 is 2.81 bits per heavy atom. The molecule has 1 aromatic heterocycles. The van der Waals surface area contributed by atoms with Crippen LogP contribution in [-0.2, 0) is 4.79 Å². The molecule has 2 aromatic rings. The topological polar surface area (TPSA) is 70.9 Å². The monoisotopic (exact) mass is 285 g/mol. The zero-order valence-corrected chi connectivity index (χ0v) is 12.3. The lowest BCUT2D eigenvalue weighted by molar-refractivity contribution is -0.118. The Morgan fingerprint density at radius 2 is 2.05 bits per heavy atom. The van der Waals surface area contributed by atoms with Crippen LogP contribution in [-0.4, -0.2) is 17.4 Å². The summed E-state index contributed by atoms with van der Waals surface area (Å²) in [6, 6.07) is 7.90. The third-order valence-electron chi connectivity index (χ3n) is 4.75. The molecule has 21 heavy (non-hydrogen) atoms. The standard InChI is InChI=1S/C17H23N3O/c18-12-17(8-2-1-3-9-17)11-16(21)20-15-6-4-5-14-13(15)7-10-19-14/h4-7,10,19H,1-3,8-9,11-12,18H2,(H,20,21). The van der Waals surface area contributed by atoms with E-state index in [1.54, 1.807) is 0 Å². The predicted molar refractivity (Wildman–Crippen MR) is 86.1 cm³/mol. The fraction of sp³-hybridized carbons (Fsp3) is 0.471. The van der Waals surface area contributed by atoms with E-state index < -0.39 is 0 Å². The van der Waals surface area contributed by atoms with Gasteiger partial charge in [-0.15, -0.1) is 0 Å². The van der Waals surface area contributed by atoms with Gasteiger partial charge in [-0.3, -0.25) is 4.79 Å². The molecule has 1 fully saturated rings. The third kappa shape index (κ3) is 2.95. The van der Waals surface area contributed by atoms with Gasteiger partial charge in [0.05, 0.1) is 5.69 Å². The van der Waals surface area contributed by atoms with Crippen molar-refractivity contribution < 1.29 is 4.79 Å². The van der Waals surface area contributed by atoms with Crippen LogP contribution in [0.1, 0.15) is 38.5 Å². The number of rotatable bonds is 4. The van der Waals surface area contributed by atoms with Gasteiger partial charge in [-0.2, -0.15) is 0 Å². The fourth-order valence-electron chi connectivity index (χ4n) is 3.48. The van der Waals surface area contributed by atoms with Crippen LogP contribution in [0.2, 0.25) is 0 Å². The molecule has 4 nitrogen and oxygen atoms in total. The minimum atomic E-state index is 0.00831. The lowest BCUT2D eigenvalue weighted by Crippen LogP contribution is -2.36. The van der Waals surface area contributed by atoms with Gasteiger partial charge in [0.15, 0.2) is 0 Å². The summed E-state index contributed by atoms with van der Waals surface area (Å²) in [6.07, 6.45) is 8.23. The van der Waals surface area contributed by atoms with Gasteiger partial charge in [0.25, 0.3) is 0 Å². The number of aromatic nitrogens is 1. The molecule has 112 valence electrons. The summed E-state index contributed by atoms with van der Waals surface area (Å²) in [5.41, 5.74) is 7.89. The van der Waals surface area contributed by atoms with Crippen molar-refractivity contribution in [3.05, 3.63) is 30.5 Å². The van der Waals surface area contributed by atoms with Crippen LogP contribution in [0.3, 0.4) is 0 Å².